The van der Waals surface area contributed by atoms with Crippen LogP contribution < -0.4 is 10.1 Å². The van der Waals surface area contributed by atoms with Crippen LogP contribution in [0.2, 0.25) is 0 Å². The quantitative estimate of drug-likeness (QED) is 0.865. The molecule has 1 heterocycles. The van der Waals surface area contributed by atoms with Gasteiger partial charge in [-0.25, -0.2) is 0 Å². The second-order valence-corrected chi connectivity index (χ2v) is 6.16. The summed E-state index contributed by atoms with van der Waals surface area (Å²) in [5, 5.41) is 3.67. The third kappa shape index (κ3) is 3.41. The first-order valence-corrected chi connectivity index (χ1v) is 8.09. The lowest BCUT2D eigenvalue weighted by Crippen LogP contribution is -2.35. The molecule has 3 heteroatoms. The number of ether oxygens (including phenoxy) is 2. The molecule has 21 heavy (non-hydrogen) atoms. The molecule has 0 spiro atoms. The molecule has 0 radical (unpaired) electrons. The molecule has 0 aromatic heterocycles. The van der Waals surface area contributed by atoms with Crippen molar-refractivity contribution >= 4 is 0 Å². The normalized spacial score (nSPS) is 23.3. The van der Waals surface area contributed by atoms with Crippen molar-refractivity contribution in [1.82, 2.24) is 5.32 Å². The summed E-state index contributed by atoms with van der Waals surface area (Å²) in [5.41, 5.74) is 3.72. The van der Waals surface area contributed by atoms with E-state index in [1.165, 1.54) is 16.7 Å². The number of rotatable bonds is 6. The van der Waals surface area contributed by atoms with Crippen molar-refractivity contribution in [2.45, 2.75) is 52.7 Å². The number of nitrogens with one attached hydrogen (secondary N) is 1. The van der Waals surface area contributed by atoms with Gasteiger partial charge in [0, 0.05) is 12.2 Å². The molecule has 0 saturated carbocycles. The standard InChI is InChI=1S/C18H29NO2/c1-6-10-19-16(17-13(3)9-11-21-17)15-8-7-12(2)14(4)18(15)20-5/h7-8,13,16-17,19H,6,9-11H2,1-5H3. The molecule has 1 fully saturated rings. The Morgan fingerprint density at radius 2 is 2.14 bits per heavy atom. The topological polar surface area (TPSA) is 30.5 Å². The first-order chi connectivity index (χ1) is 10.1. The van der Waals surface area contributed by atoms with E-state index in [9.17, 15) is 0 Å². The number of hydrogen-bond donors (Lipinski definition) is 1. The zero-order valence-electron chi connectivity index (χ0n) is 14.0. The lowest BCUT2D eigenvalue weighted by atomic mass is 9.90. The van der Waals surface area contributed by atoms with Crippen LogP contribution in [0.1, 0.15) is 49.4 Å². The predicted molar refractivity (Wildman–Crippen MR) is 87.0 cm³/mol. The summed E-state index contributed by atoms with van der Waals surface area (Å²) in [6, 6.07) is 4.59. The average molecular weight is 291 g/mol. The van der Waals surface area contributed by atoms with Crippen molar-refractivity contribution in [3.8, 4) is 5.75 Å². The van der Waals surface area contributed by atoms with Crippen LogP contribution in [-0.4, -0.2) is 26.4 Å². The lowest BCUT2D eigenvalue weighted by molar-refractivity contribution is 0.0599. The SMILES string of the molecule is CCCNC(c1ccc(C)c(C)c1OC)C1OCCC1C. The Bertz CT molecular complexity index is 473. The highest BCUT2D eigenvalue weighted by Gasteiger charge is 2.34. The minimum atomic E-state index is 0.205. The zero-order valence-corrected chi connectivity index (χ0v) is 14.0. The third-order valence-electron chi connectivity index (χ3n) is 4.63. The van der Waals surface area contributed by atoms with Crippen LogP contribution in [0.15, 0.2) is 12.1 Å². The van der Waals surface area contributed by atoms with Gasteiger partial charge in [-0.2, -0.15) is 0 Å². The number of benzene rings is 1. The van der Waals surface area contributed by atoms with E-state index in [0.29, 0.717) is 5.92 Å². The summed E-state index contributed by atoms with van der Waals surface area (Å²) in [6.07, 6.45) is 2.49. The first kappa shape index (κ1) is 16.3. The van der Waals surface area contributed by atoms with Gasteiger partial charge in [0.15, 0.2) is 0 Å². The van der Waals surface area contributed by atoms with Crippen LogP contribution in [0.5, 0.6) is 5.75 Å². The maximum atomic E-state index is 6.03. The van der Waals surface area contributed by atoms with E-state index in [0.717, 1.165) is 31.7 Å². The van der Waals surface area contributed by atoms with Crippen LogP contribution >= 0.6 is 0 Å². The second kappa shape index (κ2) is 7.28. The molecule has 0 amide bonds. The fourth-order valence-corrected chi connectivity index (χ4v) is 3.17. The molecule has 3 atom stereocenters. The molecular weight excluding hydrogens is 262 g/mol. The van der Waals surface area contributed by atoms with Crippen molar-refractivity contribution in [2.24, 2.45) is 5.92 Å². The molecule has 3 nitrogen and oxygen atoms in total. The Labute approximate surface area is 129 Å². The van der Waals surface area contributed by atoms with E-state index in [4.69, 9.17) is 9.47 Å². The van der Waals surface area contributed by atoms with Gasteiger partial charge in [-0.1, -0.05) is 26.0 Å². The lowest BCUT2D eigenvalue weighted by Gasteiger charge is -2.29. The summed E-state index contributed by atoms with van der Waals surface area (Å²) < 4.78 is 11.7. The third-order valence-corrected chi connectivity index (χ3v) is 4.63. The highest BCUT2D eigenvalue weighted by molar-refractivity contribution is 5.47. The molecule has 1 aromatic carbocycles. The van der Waals surface area contributed by atoms with Crippen molar-refractivity contribution in [3.05, 3.63) is 28.8 Å². The van der Waals surface area contributed by atoms with Crippen LogP contribution in [-0.2, 0) is 4.74 Å². The van der Waals surface area contributed by atoms with E-state index in [-0.39, 0.29) is 12.1 Å². The van der Waals surface area contributed by atoms with E-state index in [2.05, 4.69) is 45.1 Å². The van der Waals surface area contributed by atoms with Gasteiger partial charge in [0.05, 0.1) is 19.3 Å². The molecule has 0 bridgehead atoms. The summed E-state index contributed by atoms with van der Waals surface area (Å²) in [4.78, 5) is 0. The van der Waals surface area contributed by atoms with Gasteiger partial charge in [0.1, 0.15) is 5.75 Å². The summed E-state index contributed by atoms with van der Waals surface area (Å²) >= 11 is 0. The molecular formula is C18H29NO2. The van der Waals surface area contributed by atoms with E-state index < -0.39 is 0 Å². The van der Waals surface area contributed by atoms with Gasteiger partial charge in [-0.15, -0.1) is 0 Å². The van der Waals surface area contributed by atoms with E-state index in [1.807, 2.05) is 0 Å². The number of aryl methyl sites for hydroxylation is 1. The minimum Gasteiger partial charge on any atom is -0.496 e. The second-order valence-electron chi connectivity index (χ2n) is 6.16. The van der Waals surface area contributed by atoms with Crippen LogP contribution in [0, 0.1) is 19.8 Å². The maximum absolute atomic E-state index is 6.03. The van der Waals surface area contributed by atoms with Crippen molar-refractivity contribution in [2.75, 3.05) is 20.3 Å². The van der Waals surface area contributed by atoms with Gasteiger partial charge in [0.25, 0.3) is 0 Å². The summed E-state index contributed by atoms with van der Waals surface area (Å²) in [6.45, 7) is 10.6. The Kier molecular flexibility index (Phi) is 5.65. The Morgan fingerprint density at radius 3 is 2.71 bits per heavy atom. The Balaban J connectivity index is 2.38. The average Bonchev–Trinajstić information content (AvgIpc) is 2.89. The van der Waals surface area contributed by atoms with Crippen LogP contribution in [0.25, 0.3) is 0 Å². The highest BCUT2D eigenvalue weighted by Crippen LogP contribution is 2.37. The molecule has 1 aromatic rings. The molecule has 2 rings (SSSR count). The van der Waals surface area contributed by atoms with Gasteiger partial charge < -0.3 is 14.8 Å². The molecule has 1 saturated heterocycles. The van der Waals surface area contributed by atoms with Gasteiger partial charge in [0.2, 0.25) is 0 Å². The van der Waals surface area contributed by atoms with Crippen LogP contribution in [0.3, 0.4) is 0 Å². The molecule has 1 aliphatic heterocycles. The van der Waals surface area contributed by atoms with Gasteiger partial charge in [-0.05, 0) is 50.3 Å². The van der Waals surface area contributed by atoms with Crippen molar-refractivity contribution in [1.29, 1.82) is 0 Å². The summed E-state index contributed by atoms with van der Waals surface area (Å²) in [7, 11) is 1.76. The van der Waals surface area contributed by atoms with Gasteiger partial charge in [-0.3, -0.25) is 0 Å². The molecule has 0 aliphatic carbocycles. The number of hydrogen-bond acceptors (Lipinski definition) is 3. The Hall–Kier alpha value is -1.06. The van der Waals surface area contributed by atoms with Crippen molar-refractivity contribution in [3.63, 3.8) is 0 Å². The monoisotopic (exact) mass is 291 g/mol. The summed E-state index contributed by atoms with van der Waals surface area (Å²) in [5.74, 6) is 1.58. The Morgan fingerprint density at radius 1 is 1.38 bits per heavy atom. The fourth-order valence-electron chi connectivity index (χ4n) is 3.17. The zero-order chi connectivity index (χ0) is 15.4. The molecule has 1 N–H and O–H groups in total. The molecule has 118 valence electrons. The maximum Gasteiger partial charge on any atom is 0.126 e. The van der Waals surface area contributed by atoms with E-state index in [1.54, 1.807) is 7.11 Å². The van der Waals surface area contributed by atoms with Crippen molar-refractivity contribution < 1.29 is 9.47 Å². The smallest absolute Gasteiger partial charge is 0.126 e. The number of methoxy groups -OCH3 is 1. The van der Waals surface area contributed by atoms with Crippen LogP contribution in [0.4, 0.5) is 0 Å². The molecule has 3 unspecified atom stereocenters. The minimum absolute atomic E-state index is 0.205. The highest BCUT2D eigenvalue weighted by atomic mass is 16.5. The fraction of sp³-hybridized carbons (Fsp3) is 0.667. The molecule has 1 aliphatic rings. The largest absolute Gasteiger partial charge is 0.496 e. The van der Waals surface area contributed by atoms with E-state index >= 15 is 0 Å². The first-order valence-electron chi connectivity index (χ1n) is 8.09. The predicted octanol–water partition coefficient (Wildman–Crippen LogP) is 3.78. The van der Waals surface area contributed by atoms with Gasteiger partial charge >= 0.3 is 0 Å².